The summed E-state index contributed by atoms with van der Waals surface area (Å²) in [7, 11) is 0. The highest BCUT2D eigenvalue weighted by atomic mass is 19.1. The number of hydrogen-bond donors (Lipinski definition) is 0. The van der Waals surface area contributed by atoms with Crippen molar-refractivity contribution >= 4 is 11.7 Å². The van der Waals surface area contributed by atoms with Gasteiger partial charge in [0.05, 0.1) is 18.7 Å². The predicted octanol–water partition coefficient (Wildman–Crippen LogP) is 1.97. The van der Waals surface area contributed by atoms with E-state index in [1.165, 1.54) is 12.1 Å². The molecule has 0 aromatic heterocycles. The fraction of sp³-hybridized carbons (Fsp3) is 0.385. The third-order valence-corrected chi connectivity index (χ3v) is 3.43. The predicted molar refractivity (Wildman–Crippen MR) is 64.2 cm³/mol. The van der Waals surface area contributed by atoms with E-state index in [1.54, 1.807) is 12.1 Å². The lowest BCUT2D eigenvalue weighted by atomic mass is 10.1. The summed E-state index contributed by atoms with van der Waals surface area (Å²) in [6.45, 7) is 5.56. The molecule has 0 fully saturated rings. The minimum absolute atomic E-state index is 0.120. The van der Waals surface area contributed by atoms with Crippen LogP contribution in [0.3, 0.4) is 0 Å². The van der Waals surface area contributed by atoms with Gasteiger partial charge in [0.15, 0.2) is 6.54 Å². The van der Waals surface area contributed by atoms with E-state index in [0.29, 0.717) is 13.1 Å². The first-order valence-corrected chi connectivity index (χ1v) is 5.85. The van der Waals surface area contributed by atoms with Gasteiger partial charge in [-0.3, -0.25) is 0 Å². The standard InChI is InChI=1S/C13H16FN2O/c1-3-16(4-2)12(17)9-15-13(16)10-5-7-11(14)8-6-10/h5-8H,3-4,9H2,1-2H3/q+1. The van der Waals surface area contributed by atoms with Gasteiger partial charge in [-0.05, 0) is 38.1 Å². The Morgan fingerprint density at radius 2 is 1.82 bits per heavy atom. The Morgan fingerprint density at radius 3 is 2.35 bits per heavy atom. The summed E-state index contributed by atoms with van der Waals surface area (Å²) in [5, 5.41) is 0. The number of benzene rings is 1. The van der Waals surface area contributed by atoms with E-state index >= 15 is 0 Å². The number of quaternary nitrogens is 1. The van der Waals surface area contributed by atoms with Crippen molar-refractivity contribution in [2.75, 3.05) is 19.6 Å². The van der Waals surface area contributed by atoms with Crippen LogP contribution in [0.4, 0.5) is 4.39 Å². The van der Waals surface area contributed by atoms with Crippen molar-refractivity contribution in [2.24, 2.45) is 4.99 Å². The fourth-order valence-electron chi connectivity index (χ4n) is 2.34. The Hall–Kier alpha value is -1.55. The van der Waals surface area contributed by atoms with Crippen LogP contribution in [-0.2, 0) is 4.79 Å². The molecule has 1 aliphatic heterocycles. The lowest BCUT2D eigenvalue weighted by molar-refractivity contribution is -0.754. The molecule has 1 aliphatic rings. The molecule has 0 saturated heterocycles. The molecule has 4 heteroatoms. The van der Waals surface area contributed by atoms with Gasteiger partial charge in [-0.1, -0.05) is 0 Å². The summed E-state index contributed by atoms with van der Waals surface area (Å²) >= 11 is 0. The number of carbonyl (C=O) groups excluding carboxylic acids is 1. The van der Waals surface area contributed by atoms with Crippen molar-refractivity contribution in [1.82, 2.24) is 0 Å². The lowest BCUT2D eigenvalue weighted by Crippen LogP contribution is -2.54. The van der Waals surface area contributed by atoms with E-state index < -0.39 is 0 Å². The molecular weight excluding hydrogens is 219 g/mol. The average molecular weight is 235 g/mol. The molecule has 1 aromatic rings. The second-order valence-corrected chi connectivity index (χ2v) is 4.14. The first-order chi connectivity index (χ1) is 8.14. The Bertz CT molecular complexity index is 461. The number of amides is 1. The summed E-state index contributed by atoms with van der Waals surface area (Å²) in [4.78, 5) is 16.3. The van der Waals surface area contributed by atoms with Gasteiger partial charge >= 0.3 is 5.91 Å². The highest BCUT2D eigenvalue weighted by Gasteiger charge is 2.44. The van der Waals surface area contributed by atoms with Crippen molar-refractivity contribution < 1.29 is 13.7 Å². The van der Waals surface area contributed by atoms with Crippen LogP contribution in [0, 0.1) is 5.82 Å². The highest BCUT2D eigenvalue weighted by Crippen LogP contribution is 2.21. The van der Waals surface area contributed by atoms with Crippen molar-refractivity contribution in [2.45, 2.75) is 13.8 Å². The summed E-state index contributed by atoms with van der Waals surface area (Å²) in [6.07, 6.45) is 0. The molecule has 90 valence electrons. The molecule has 0 atom stereocenters. The molecule has 0 unspecified atom stereocenters. The lowest BCUT2D eigenvalue weighted by Gasteiger charge is -2.29. The van der Waals surface area contributed by atoms with E-state index in [-0.39, 0.29) is 22.8 Å². The van der Waals surface area contributed by atoms with Crippen LogP contribution in [0.25, 0.3) is 0 Å². The van der Waals surface area contributed by atoms with Gasteiger partial charge in [-0.2, -0.15) is 0 Å². The first-order valence-electron chi connectivity index (χ1n) is 5.85. The number of carbonyl (C=O) groups is 1. The van der Waals surface area contributed by atoms with Crippen LogP contribution in [0.2, 0.25) is 0 Å². The summed E-state index contributed by atoms with van der Waals surface area (Å²) in [6, 6.07) is 6.18. The zero-order chi connectivity index (χ0) is 12.5. The quantitative estimate of drug-likeness (QED) is 0.736. The normalized spacial score (nSPS) is 18.3. The SMILES string of the molecule is CC[N+]1(CC)C(=O)CN=C1c1ccc(F)cc1. The third kappa shape index (κ3) is 1.78. The molecule has 1 aromatic carbocycles. The van der Waals surface area contributed by atoms with Crippen molar-refractivity contribution in [3.63, 3.8) is 0 Å². The third-order valence-electron chi connectivity index (χ3n) is 3.43. The maximum atomic E-state index is 12.9. The minimum atomic E-state index is -0.273. The Labute approximate surface area is 100 Å². The van der Waals surface area contributed by atoms with Crippen LogP contribution in [-0.4, -0.2) is 35.9 Å². The number of aliphatic imine (C=N–C) groups is 1. The van der Waals surface area contributed by atoms with Crippen LogP contribution >= 0.6 is 0 Å². The molecule has 2 rings (SSSR count). The monoisotopic (exact) mass is 235 g/mol. The summed E-state index contributed by atoms with van der Waals surface area (Å²) < 4.78 is 13.2. The van der Waals surface area contributed by atoms with Crippen LogP contribution in [0.5, 0.6) is 0 Å². The first kappa shape index (κ1) is 11.9. The van der Waals surface area contributed by atoms with Gasteiger partial charge in [0.25, 0.3) is 0 Å². The zero-order valence-electron chi connectivity index (χ0n) is 10.1. The van der Waals surface area contributed by atoms with E-state index in [0.717, 1.165) is 11.4 Å². The maximum Gasteiger partial charge on any atom is 0.341 e. The second-order valence-electron chi connectivity index (χ2n) is 4.14. The van der Waals surface area contributed by atoms with E-state index in [9.17, 15) is 9.18 Å². The number of halogens is 1. The molecule has 0 N–H and O–H groups in total. The largest absolute Gasteiger partial charge is 0.341 e. The van der Waals surface area contributed by atoms with Gasteiger partial charge in [-0.15, -0.1) is 0 Å². The van der Waals surface area contributed by atoms with E-state index in [4.69, 9.17) is 0 Å². The number of rotatable bonds is 3. The van der Waals surface area contributed by atoms with E-state index in [1.807, 2.05) is 13.8 Å². The minimum Gasteiger partial charge on any atom is -0.228 e. The van der Waals surface area contributed by atoms with Crippen molar-refractivity contribution in [3.8, 4) is 0 Å². The smallest absolute Gasteiger partial charge is 0.228 e. The number of amidine groups is 1. The molecule has 17 heavy (non-hydrogen) atoms. The maximum absolute atomic E-state index is 12.9. The Morgan fingerprint density at radius 1 is 1.24 bits per heavy atom. The molecule has 0 saturated carbocycles. The molecule has 1 heterocycles. The Balaban J connectivity index is 2.44. The van der Waals surface area contributed by atoms with Crippen molar-refractivity contribution in [1.29, 1.82) is 0 Å². The van der Waals surface area contributed by atoms with E-state index in [2.05, 4.69) is 4.99 Å². The number of likely N-dealkylation sites (N-methyl/N-ethyl adjacent to an activating group) is 1. The second kappa shape index (κ2) is 4.37. The van der Waals surface area contributed by atoms with Gasteiger partial charge in [-0.25, -0.2) is 18.7 Å². The zero-order valence-corrected chi connectivity index (χ0v) is 10.1. The summed E-state index contributed by atoms with van der Waals surface area (Å²) in [5.41, 5.74) is 0.834. The molecule has 3 nitrogen and oxygen atoms in total. The van der Waals surface area contributed by atoms with Crippen molar-refractivity contribution in [3.05, 3.63) is 35.6 Å². The molecule has 0 aliphatic carbocycles. The molecule has 0 bridgehead atoms. The summed E-state index contributed by atoms with van der Waals surface area (Å²) in [5.74, 6) is 0.610. The molecule has 0 radical (unpaired) electrons. The molecule has 1 amide bonds. The van der Waals surface area contributed by atoms with Gasteiger partial charge in [0.2, 0.25) is 5.84 Å². The fourth-order valence-corrected chi connectivity index (χ4v) is 2.34. The van der Waals surface area contributed by atoms with Crippen LogP contribution in [0.15, 0.2) is 29.3 Å². The molecule has 0 spiro atoms. The van der Waals surface area contributed by atoms with Crippen LogP contribution < -0.4 is 0 Å². The van der Waals surface area contributed by atoms with Gasteiger partial charge in [0, 0.05) is 0 Å². The highest BCUT2D eigenvalue weighted by molar-refractivity contribution is 6.04. The van der Waals surface area contributed by atoms with Gasteiger partial charge < -0.3 is 0 Å². The molecular formula is C13H16FN2O+. The van der Waals surface area contributed by atoms with Gasteiger partial charge in [0.1, 0.15) is 5.82 Å². The number of nitrogens with zero attached hydrogens (tertiary/aromatic N) is 2. The Kier molecular flexibility index (Phi) is 3.07. The number of hydrogen-bond acceptors (Lipinski definition) is 2. The topological polar surface area (TPSA) is 29.4 Å². The van der Waals surface area contributed by atoms with Crippen LogP contribution in [0.1, 0.15) is 19.4 Å². The average Bonchev–Trinajstić information content (AvgIpc) is 2.68.